The molecule has 0 spiro atoms. The second kappa shape index (κ2) is 7.19. The molecule has 0 aliphatic rings. The number of halogens is 1. The number of carbonyl (C=O) groups excluding carboxylic acids is 1. The fourth-order valence-corrected chi connectivity index (χ4v) is 2.36. The minimum absolute atomic E-state index is 0.153. The summed E-state index contributed by atoms with van der Waals surface area (Å²) in [5, 5.41) is 4.83. The van der Waals surface area contributed by atoms with Crippen molar-refractivity contribution in [3.05, 3.63) is 77.1 Å². The standard InChI is InChI=1S/C18H15ClN2O3/c1-23-16-7-2-4-13(10-16)12-24-18(22)17-8-9-21(20-17)15-6-3-5-14(19)11-15/h2-11H,12H2,1H3. The van der Waals surface area contributed by atoms with Gasteiger partial charge >= 0.3 is 5.97 Å². The summed E-state index contributed by atoms with van der Waals surface area (Å²) in [5.41, 5.74) is 1.85. The first-order chi connectivity index (χ1) is 11.7. The Labute approximate surface area is 144 Å². The Morgan fingerprint density at radius 3 is 2.79 bits per heavy atom. The summed E-state index contributed by atoms with van der Waals surface area (Å²) in [5.74, 6) is 0.229. The third-order valence-electron chi connectivity index (χ3n) is 3.38. The SMILES string of the molecule is COc1cccc(COC(=O)c2ccn(-c3cccc(Cl)c3)n2)c1. The summed E-state index contributed by atoms with van der Waals surface area (Å²) in [6, 6.07) is 16.2. The molecule has 0 aliphatic carbocycles. The molecule has 122 valence electrons. The van der Waals surface area contributed by atoms with Crippen molar-refractivity contribution >= 4 is 17.6 Å². The van der Waals surface area contributed by atoms with Gasteiger partial charge in [-0.15, -0.1) is 0 Å². The van der Waals surface area contributed by atoms with Gasteiger partial charge in [0.15, 0.2) is 5.69 Å². The van der Waals surface area contributed by atoms with Gasteiger partial charge in [-0.3, -0.25) is 0 Å². The van der Waals surface area contributed by atoms with Crippen molar-refractivity contribution in [3.63, 3.8) is 0 Å². The van der Waals surface area contributed by atoms with Crippen LogP contribution in [0.15, 0.2) is 60.8 Å². The molecule has 24 heavy (non-hydrogen) atoms. The van der Waals surface area contributed by atoms with Gasteiger partial charge in [0.2, 0.25) is 0 Å². The molecule has 2 aromatic carbocycles. The van der Waals surface area contributed by atoms with Crippen molar-refractivity contribution < 1.29 is 14.3 Å². The molecule has 5 nitrogen and oxygen atoms in total. The molecule has 1 aromatic heterocycles. The van der Waals surface area contributed by atoms with E-state index in [-0.39, 0.29) is 12.3 Å². The first kappa shape index (κ1) is 16.1. The van der Waals surface area contributed by atoms with E-state index in [2.05, 4.69) is 5.10 Å². The molecule has 0 radical (unpaired) electrons. The van der Waals surface area contributed by atoms with Crippen LogP contribution < -0.4 is 4.74 Å². The highest BCUT2D eigenvalue weighted by Gasteiger charge is 2.12. The normalized spacial score (nSPS) is 10.4. The van der Waals surface area contributed by atoms with Gasteiger partial charge in [0.25, 0.3) is 0 Å². The van der Waals surface area contributed by atoms with Gasteiger partial charge in [-0.1, -0.05) is 29.8 Å². The van der Waals surface area contributed by atoms with E-state index in [9.17, 15) is 4.79 Å². The molecule has 3 rings (SSSR count). The van der Waals surface area contributed by atoms with E-state index >= 15 is 0 Å². The quantitative estimate of drug-likeness (QED) is 0.660. The maximum atomic E-state index is 12.1. The third-order valence-corrected chi connectivity index (χ3v) is 3.61. The zero-order valence-electron chi connectivity index (χ0n) is 13.0. The van der Waals surface area contributed by atoms with Crippen LogP contribution in [0.1, 0.15) is 16.1 Å². The third kappa shape index (κ3) is 3.75. The Morgan fingerprint density at radius 1 is 1.17 bits per heavy atom. The monoisotopic (exact) mass is 342 g/mol. The molecule has 0 amide bonds. The molecule has 6 heteroatoms. The van der Waals surface area contributed by atoms with Crippen LogP contribution in [-0.2, 0) is 11.3 Å². The Kier molecular flexibility index (Phi) is 4.82. The zero-order chi connectivity index (χ0) is 16.9. The number of ether oxygens (including phenoxy) is 2. The molecule has 1 heterocycles. The Morgan fingerprint density at radius 2 is 2.00 bits per heavy atom. The van der Waals surface area contributed by atoms with Crippen LogP contribution in [-0.4, -0.2) is 22.9 Å². The van der Waals surface area contributed by atoms with Gasteiger partial charge in [0, 0.05) is 11.2 Å². The lowest BCUT2D eigenvalue weighted by Gasteiger charge is -2.05. The second-order valence-electron chi connectivity index (χ2n) is 5.05. The molecule has 0 bridgehead atoms. The number of rotatable bonds is 5. The highest BCUT2D eigenvalue weighted by atomic mass is 35.5. The second-order valence-corrected chi connectivity index (χ2v) is 5.49. The van der Waals surface area contributed by atoms with Crippen molar-refractivity contribution in [2.75, 3.05) is 7.11 Å². The van der Waals surface area contributed by atoms with E-state index in [1.54, 1.807) is 36.2 Å². The smallest absolute Gasteiger partial charge is 0.359 e. The number of esters is 1. The molecule has 0 atom stereocenters. The molecule has 0 saturated carbocycles. The van der Waals surface area contributed by atoms with E-state index in [1.807, 2.05) is 36.4 Å². The van der Waals surface area contributed by atoms with Gasteiger partial charge in [0.1, 0.15) is 12.4 Å². The lowest BCUT2D eigenvalue weighted by Crippen LogP contribution is -2.07. The molecule has 0 aliphatic heterocycles. The highest BCUT2D eigenvalue weighted by Crippen LogP contribution is 2.16. The van der Waals surface area contributed by atoms with Crippen LogP contribution in [0.3, 0.4) is 0 Å². The van der Waals surface area contributed by atoms with Crippen molar-refractivity contribution in [2.24, 2.45) is 0 Å². The lowest BCUT2D eigenvalue weighted by molar-refractivity contribution is 0.0465. The highest BCUT2D eigenvalue weighted by molar-refractivity contribution is 6.30. The fraction of sp³-hybridized carbons (Fsp3) is 0.111. The number of methoxy groups -OCH3 is 1. The number of nitrogens with zero attached hydrogens (tertiary/aromatic N) is 2. The molecule has 0 saturated heterocycles. The molecule has 0 unspecified atom stereocenters. The minimum atomic E-state index is -0.487. The molecular weight excluding hydrogens is 328 g/mol. The largest absolute Gasteiger partial charge is 0.497 e. The van der Waals surface area contributed by atoms with Crippen molar-refractivity contribution in [1.29, 1.82) is 0 Å². The van der Waals surface area contributed by atoms with E-state index < -0.39 is 5.97 Å². The lowest BCUT2D eigenvalue weighted by atomic mass is 10.2. The Hall–Kier alpha value is -2.79. The maximum Gasteiger partial charge on any atom is 0.359 e. The van der Waals surface area contributed by atoms with Crippen LogP contribution in [0.5, 0.6) is 5.75 Å². The van der Waals surface area contributed by atoms with Crippen LogP contribution in [0.2, 0.25) is 5.02 Å². The summed E-state index contributed by atoms with van der Waals surface area (Å²) in [6.45, 7) is 0.153. The minimum Gasteiger partial charge on any atom is -0.497 e. The van der Waals surface area contributed by atoms with E-state index in [4.69, 9.17) is 21.1 Å². The predicted octanol–water partition coefficient (Wildman–Crippen LogP) is 3.89. The summed E-state index contributed by atoms with van der Waals surface area (Å²) >= 11 is 5.96. The van der Waals surface area contributed by atoms with Gasteiger partial charge < -0.3 is 9.47 Å². The first-order valence-corrected chi connectivity index (χ1v) is 7.65. The zero-order valence-corrected chi connectivity index (χ0v) is 13.7. The Balaban J connectivity index is 1.67. The van der Waals surface area contributed by atoms with Crippen LogP contribution in [0, 0.1) is 0 Å². The molecule has 0 fully saturated rings. The van der Waals surface area contributed by atoms with Crippen molar-refractivity contribution in [1.82, 2.24) is 9.78 Å². The fourth-order valence-electron chi connectivity index (χ4n) is 2.18. The van der Waals surface area contributed by atoms with Gasteiger partial charge in [0.05, 0.1) is 12.8 Å². The first-order valence-electron chi connectivity index (χ1n) is 7.27. The summed E-state index contributed by atoms with van der Waals surface area (Å²) in [4.78, 5) is 12.1. The molecule has 3 aromatic rings. The van der Waals surface area contributed by atoms with E-state index in [1.165, 1.54) is 0 Å². The van der Waals surface area contributed by atoms with Crippen LogP contribution in [0.4, 0.5) is 0 Å². The van der Waals surface area contributed by atoms with Crippen LogP contribution in [0.25, 0.3) is 5.69 Å². The topological polar surface area (TPSA) is 53.4 Å². The average molecular weight is 343 g/mol. The van der Waals surface area contributed by atoms with Crippen LogP contribution >= 0.6 is 11.6 Å². The van der Waals surface area contributed by atoms with Crippen molar-refractivity contribution in [2.45, 2.75) is 6.61 Å². The maximum absolute atomic E-state index is 12.1. The summed E-state index contributed by atoms with van der Waals surface area (Å²) in [6.07, 6.45) is 1.69. The number of hydrogen-bond acceptors (Lipinski definition) is 4. The van der Waals surface area contributed by atoms with Crippen molar-refractivity contribution in [3.8, 4) is 11.4 Å². The number of carbonyl (C=O) groups is 1. The number of aromatic nitrogens is 2. The number of hydrogen-bond donors (Lipinski definition) is 0. The van der Waals surface area contributed by atoms with Gasteiger partial charge in [-0.2, -0.15) is 5.10 Å². The number of benzene rings is 2. The summed E-state index contributed by atoms with van der Waals surface area (Å²) < 4.78 is 12.0. The summed E-state index contributed by atoms with van der Waals surface area (Å²) in [7, 11) is 1.59. The predicted molar refractivity (Wildman–Crippen MR) is 90.7 cm³/mol. The molecule has 0 N–H and O–H groups in total. The molecular formula is C18H15ClN2O3. The van der Waals surface area contributed by atoms with E-state index in [0.717, 1.165) is 11.3 Å². The van der Waals surface area contributed by atoms with E-state index in [0.29, 0.717) is 10.8 Å². The Bertz CT molecular complexity index is 861. The van der Waals surface area contributed by atoms with Gasteiger partial charge in [-0.05, 0) is 42.0 Å². The average Bonchev–Trinajstić information content (AvgIpc) is 3.10. The van der Waals surface area contributed by atoms with Gasteiger partial charge in [-0.25, -0.2) is 9.48 Å².